The number of carbonyl (C=O) groups excluding carboxylic acids is 1. The zero-order valence-corrected chi connectivity index (χ0v) is 21.9. The van der Waals surface area contributed by atoms with E-state index in [2.05, 4.69) is 72.7 Å². The first-order valence-corrected chi connectivity index (χ1v) is 12.3. The number of ether oxygens (including phenoxy) is 1. The van der Waals surface area contributed by atoms with Crippen molar-refractivity contribution in [3.8, 4) is 5.75 Å². The number of hydrogen-bond donors (Lipinski definition) is 0. The van der Waals surface area contributed by atoms with E-state index < -0.39 is 0 Å². The molecule has 164 valence electrons. The third-order valence-electron chi connectivity index (χ3n) is 5.79. The Hall–Kier alpha value is -1.06. The van der Waals surface area contributed by atoms with Gasteiger partial charge in [0.05, 0.1) is 6.61 Å². The van der Waals surface area contributed by atoms with Crippen LogP contribution in [0.2, 0.25) is 0 Å². The van der Waals surface area contributed by atoms with Crippen LogP contribution in [0.25, 0.3) is 0 Å². The Kier molecular flexibility index (Phi) is 11.6. The van der Waals surface area contributed by atoms with Gasteiger partial charge in [0.1, 0.15) is 5.75 Å². The van der Waals surface area contributed by atoms with Crippen LogP contribution in [0.1, 0.15) is 87.4 Å². The zero-order chi connectivity index (χ0) is 22.3. The number of carbonyl (C=O) groups is 1. The number of rotatable bonds is 10. The van der Waals surface area contributed by atoms with Crippen LogP contribution in [0.5, 0.6) is 5.75 Å². The van der Waals surface area contributed by atoms with Crippen molar-refractivity contribution in [3.63, 3.8) is 0 Å². The summed E-state index contributed by atoms with van der Waals surface area (Å²) < 4.78 is 6.13. The number of benzene rings is 2. The van der Waals surface area contributed by atoms with E-state index in [0.717, 1.165) is 40.8 Å². The summed E-state index contributed by atoms with van der Waals surface area (Å²) in [6.45, 7) is 16.0. The van der Waals surface area contributed by atoms with Gasteiger partial charge >= 0.3 is 18.9 Å². The summed E-state index contributed by atoms with van der Waals surface area (Å²) in [5, 5.41) is 1.14. The van der Waals surface area contributed by atoms with Gasteiger partial charge in [-0.2, -0.15) is 0 Å². The van der Waals surface area contributed by atoms with E-state index >= 15 is 0 Å². The number of aryl methyl sites for hydroxylation is 2. The fraction of sp³-hybridized carbons (Fsp3) is 0.519. The van der Waals surface area contributed by atoms with E-state index in [4.69, 9.17) is 4.74 Å². The van der Waals surface area contributed by atoms with Gasteiger partial charge in [-0.05, 0) is 74.3 Å². The molecular formula is C27H39LiO2P+. The Morgan fingerprint density at radius 3 is 2.10 bits per heavy atom. The van der Waals surface area contributed by atoms with Crippen LogP contribution in [0.15, 0.2) is 36.4 Å². The molecule has 0 heterocycles. The minimum atomic E-state index is 0. The molecule has 2 aromatic carbocycles. The maximum atomic E-state index is 12.9. The first-order valence-electron chi connectivity index (χ1n) is 11.3. The Bertz CT molecular complexity index is 814. The number of unbranched alkanes of at least 4 members (excludes halogenated alkanes) is 1. The van der Waals surface area contributed by atoms with Gasteiger partial charge in [-0.15, -0.1) is 0 Å². The molecule has 2 atom stereocenters. The normalized spacial score (nSPS) is 12.6. The van der Waals surface area contributed by atoms with E-state index in [-0.39, 0.29) is 38.4 Å². The molecule has 0 saturated heterocycles. The largest absolute Gasteiger partial charge is 1.00 e. The molecule has 2 unspecified atom stereocenters. The summed E-state index contributed by atoms with van der Waals surface area (Å²) in [5.74, 6) is 1.54. The molecule has 0 aliphatic rings. The molecule has 4 heteroatoms. The van der Waals surface area contributed by atoms with Crippen molar-refractivity contribution >= 4 is 19.4 Å². The minimum Gasteiger partial charge on any atom is -0.493 e. The van der Waals surface area contributed by atoms with Gasteiger partial charge in [0.2, 0.25) is 0 Å². The van der Waals surface area contributed by atoms with E-state index in [1.54, 1.807) is 0 Å². The molecular weight excluding hydrogens is 394 g/mol. The van der Waals surface area contributed by atoms with Crippen LogP contribution >= 0.6 is 8.58 Å². The fourth-order valence-electron chi connectivity index (χ4n) is 3.62. The predicted molar refractivity (Wildman–Crippen MR) is 132 cm³/mol. The van der Waals surface area contributed by atoms with Gasteiger partial charge in [0.25, 0.3) is 0 Å². The molecule has 0 saturated carbocycles. The van der Waals surface area contributed by atoms with Crippen molar-refractivity contribution < 1.29 is 28.4 Å². The molecule has 0 aliphatic heterocycles. The van der Waals surface area contributed by atoms with Crippen molar-refractivity contribution in [2.45, 2.75) is 79.6 Å². The zero-order valence-electron chi connectivity index (χ0n) is 20.9. The fourth-order valence-corrected chi connectivity index (χ4v) is 4.70. The van der Waals surface area contributed by atoms with Gasteiger partial charge < -0.3 is 4.74 Å². The van der Waals surface area contributed by atoms with Crippen LogP contribution in [-0.2, 0) is 5.41 Å². The first kappa shape index (κ1) is 28.0. The van der Waals surface area contributed by atoms with Crippen molar-refractivity contribution in [1.82, 2.24) is 0 Å². The SMILES string of the molecule is CCCCC(CC)COc1cc(C)c(PC(=O)c2ccc(C(C)(C)C)cc2)c(C)c1.[Li+]. The van der Waals surface area contributed by atoms with Gasteiger partial charge in [-0.25, -0.2) is 0 Å². The molecule has 31 heavy (non-hydrogen) atoms. The summed E-state index contributed by atoms with van der Waals surface area (Å²) >= 11 is 0. The predicted octanol–water partition coefficient (Wildman–Crippen LogP) is 4.34. The van der Waals surface area contributed by atoms with Crippen LogP contribution in [0.3, 0.4) is 0 Å². The molecule has 2 rings (SSSR count). The average molecular weight is 434 g/mol. The molecule has 2 aromatic rings. The maximum absolute atomic E-state index is 12.9. The second-order valence-corrected chi connectivity index (χ2v) is 10.6. The summed E-state index contributed by atoms with van der Waals surface area (Å²) in [5.41, 5.74) is 4.62. The van der Waals surface area contributed by atoms with Crippen LogP contribution in [0.4, 0.5) is 0 Å². The van der Waals surface area contributed by atoms with Gasteiger partial charge in [0.15, 0.2) is 5.52 Å². The summed E-state index contributed by atoms with van der Waals surface area (Å²) in [4.78, 5) is 12.9. The minimum absolute atomic E-state index is 0. The first-order chi connectivity index (χ1) is 14.2. The Labute approximate surface area is 203 Å². The summed E-state index contributed by atoms with van der Waals surface area (Å²) in [6, 6.07) is 12.3. The molecule has 0 aliphatic carbocycles. The molecule has 0 spiro atoms. The van der Waals surface area contributed by atoms with E-state index in [0.29, 0.717) is 5.92 Å². The molecule has 0 fully saturated rings. The molecule has 0 bridgehead atoms. The molecule has 2 nitrogen and oxygen atoms in total. The van der Waals surface area contributed by atoms with Crippen LogP contribution in [-0.4, -0.2) is 12.1 Å². The summed E-state index contributed by atoms with van der Waals surface area (Å²) in [7, 11) is 0.136. The quantitative estimate of drug-likeness (QED) is 0.412. The van der Waals surface area contributed by atoms with Crippen LogP contribution < -0.4 is 28.9 Å². The van der Waals surface area contributed by atoms with E-state index in [1.165, 1.54) is 24.8 Å². The van der Waals surface area contributed by atoms with Crippen molar-refractivity contribution in [3.05, 3.63) is 58.7 Å². The molecule has 0 radical (unpaired) electrons. The average Bonchev–Trinajstić information content (AvgIpc) is 2.70. The van der Waals surface area contributed by atoms with Gasteiger partial charge in [0, 0.05) is 5.56 Å². The van der Waals surface area contributed by atoms with Gasteiger partial charge in [-0.3, -0.25) is 4.79 Å². The summed E-state index contributed by atoms with van der Waals surface area (Å²) in [6.07, 6.45) is 4.88. The Balaban J connectivity index is 0.00000480. The van der Waals surface area contributed by atoms with Crippen molar-refractivity contribution in [1.29, 1.82) is 0 Å². The Morgan fingerprint density at radius 1 is 1.03 bits per heavy atom. The van der Waals surface area contributed by atoms with Crippen molar-refractivity contribution in [2.75, 3.05) is 6.61 Å². The third kappa shape index (κ3) is 8.42. The maximum Gasteiger partial charge on any atom is 1.00 e. The molecule has 0 amide bonds. The monoisotopic (exact) mass is 433 g/mol. The Morgan fingerprint density at radius 2 is 1.61 bits per heavy atom. The van der Waals surface area contributed by atoms with Gasteiger partial charge in [-0.1, -0.05) is 78.1 Å². The van der Waals surface area contributed by atoms with Crippen molar-refractivity contribution in [2.24, 2.45) is 5.92 Å². The smallest absolute Gasteiger partial charge is 0.493 e. The second-order valence-electron chi connectivity index (χ2n) is 9.44. The van der Waals surface area contributed by atoms with E-state index in [1.807, 2.05) is 12.1 Å². The number of hydrogen-bond acceptors (Lipinski definition) is 2. The van der Waals surface area contributed by atoms with Crippen LogP contribution in [0, 0.1) is 19.8 Å². The molecule has 0 N–H and O–H groups in total. The standard InChI is InChI=1S/C27H39O2P.Li/c1-8-10-11-21(9-2)18-29-24-16-19(3)25(20(4)17-24)30-26(28)22-12-14-23(15-13-22)27(5,6)7;/h12-17,21,30H,8-11,18H2,1-7H3;/q;+1. The topological polar surface area (TPSA) is 26.3 Å². The molecule has 0 aromatic heterocycles. The second kappa shape index (κ2) is 12.8. The third-order valence-corrected chi connectivity index (χ3v) is 7.34. The van der Waals surface area contributed by atoms with E-state index in [9.17, 15) is 4.79 Å².